The molecule has 1 fully saturated rings. The predicted molar refractivity (Wildman–Crippen MR) is 120 cm³/mol. The molecule has 1 saturated carbocycles. The summed E-state index contributed by atoms with van der Waals surface area (Å²) in [6.07, 6.45) is 0.130. The number of amides is 1. The van der Waals surface area contributed by atoms with E-state index in [1.807, 2.05) is 0 Å². The molecule has 182 valence electrons. The fourth-order valence-corrected chi connectivity index (χ4v) is 4.57. The van der Waals surface area contributed by atoms with Crippen molar-refractivity contribution in [2.75, 3.05) is 6.54 Å². The van der Waals surface area contributed by atoms with Crippen molar-refractivity contribution in [3.8, 4) is 5.69 Å². The molecule has 1 aliphatic carbocycles. The Labute approximate surface area is 196 Å². The van der Waals surface area contributed by atoms with Gasteiger partial charge < -0.3 is 5.32 Å². The smallest absolute Gasteiger partial charge is 0.350 e. The van der Waals surface area contributed by atoms with Crippen LogP contribution in [0.5, 0.6) is 0 Å². The quantitative estimate of drug-likeness (QED) is 0.452. The van der Waals surface area contributed by atoms with E-state index in [0.717, 1.165) is 38.7 Å². The summed E-state index contributed by atoms with van der Waals surface area (Å²) in [5.74, 6) is -1.20. The van der Waals surface area contributed by atoms with Crippen LogP contribution in [0, 0.1) is 23.6 Å². The number of rotatable bonds is 7. The first-order valence-corrected chi connectivity index (χ1v) is 11.8. The predicted octanol–water partition coefficient (Wildman–Crippen LogP) is 6.52. The zero-order valence-electron chi connectivity index (χ0n) is 19.1. The number of imidazole rings is 1. The van der Waals surface area contributed by atoms with Gasteiger partial charge in [0.05, 0.1) is 11.6 Å². The fourth-order valence-electron chi connectivity index (χ4n) is 4.25. The Morgan fingerprint density at radius 1 is 1.27 bits per heavy atom. The number of nitrogens with one attached hydrogen (secondary N) is 1. The third-order valence-corrected chi connectivity index (χ3v) is 6.81. The van der Waals surface area contributed by atoms with Crippen LogP contribution in [0.2, 0.25) is 5.15 Å². The Morgan fingerprint density at radius 3 is 2.52 bits per heavy atom. The summed E-state index contributed by atoms with van der Waals surface area (Å²) in [5, 5.41) is 2.88. The number of aromatic nitrogens is 2. The van der Waals surface area contributed by atoms with E-state index in [-0.39, 0.29) is 28.5 Å². The maximum atomic E-state index is 14.9. The molecule has 0 aliphatic heterocycles. The van der Waals surface area contributed by atoms with Crippen molar-refractivity contribution in [2.24, 2.45) is 17.8 Å². The molecular weight excluding hydrogens is 458 g/mol. The van der Waals surface area contributed by atoms with Gasteiger partial charge in [-0.1, -0.05) is 51.3 Å². The molecule has 0 saturated heterocycles. The molecule has 1 aromatic heterocycles. The molecule has 0 bridgehead atoms. The van der Waals surface area contributed by atoms with Crippen LogP contribution < -0.4 is 5.32 Å². The first kappa shape index (κ1) is 25.5. The average molecular weight is 488 g/mol. The minimum atomic E-state index is -4.35. The monoisotopic (exact) mass is 487 g/mol. The molecule has 1 unspecified atom stereocenters. The first-order chi connectivity index (χ1) is 15.5. The van der Waals surface area contributed by atoms with Crippen LogP contribution >= 0.6 is 11.6 Å². The molecule has 1 aromatic carbocycles. The zero-order valence-corrected chi connectivity index (χ0v) is 19.9. The van der Waals surface area contributed by atoms with Gasteiger partial charge in [-0.2, -0.15) is 13.2 Å². The van der Waals surface area contributed by atoms with Gasteiger partial charge in [0, 0.05) is 13.0 Å². The number of hydrogen-bond donors (Lipinski definition) is 1. The Balaban J connectivity index is 1.79. The van der Waals surface area contributed by atoms with E-state index in [1.165, 1.54) is 16.7 Å². The van der Waals surface area contributed by atoms with Crippen molar-refractivity contribution in [3.63, 3.8) is 0 Å². The van der Waals surface area contributed by atoms with Crippen LogP contribution in [0.4, 0.5) is 17.6 Å². The first-order valence-electron chi connectivity index (χ1n) is 11.4. The van der Waals surface area contributed by atoms with Gasteiger partial charge in [0.25, 0.3) is 5.91 Å². The lowest BCUT2D eigenvalue weighted by atomic mass is 9.83. The van der Waals surface area contributed by atoms with Crippen molar-refractivity contribution in [2.45, 2.75) is 65.5 Å². The molecule has 4 nitrogen and oxygen atoms in total. The maximum absolute atomic E-state index is 14.9. The molecule has 1 aliphatic rings. The van der Waals surface area contributed by atoms with E-state index in [0.29, 0.717) is 30.6 Å². The second-order valence-corrected chi connectivity index (χ2v) is 9.48. The summed E-state index contributed by atoms with van der Waals surface area (Å²) < 4.78 is 54.8. The topological polar surface area (TPSA) is 46.9 Å². The van der Waals surface area contributed by atoms with Crippen LogP contribution in [0.3, 0.4) is 0 Å². The van der Waals surface area contributed by atoms with E-state index < -0.39 is 23.8 Å². The van der Waals surface area contributed by atoms with Gasteiger partial charge in [-0.15, -0.1) is 0 Å². The summed E-state index contributed by atoms with van der Waals surface area (Å²) in [7, 11) is 0. The molecule has 1 amide bonds. The van der Waals surface area contributed by atoms with E-state index in [2.05, 4.69) is 17.2 Å². The van der Waals surface area contributed by atoms with Crippen molar-refractivity contribution >= 4 is 17.5 Å². The van der Waals surface area contributed by atoms with E-state index >= 15 is 0 Å². The van der Waals surface area contributed by atoms with Gasteiger partial charge in [0.2, 0.25) is 0 Å². The maximum Gasteiger partial charge on any atom is 0.391 e. The van der Waals surface area contributed by atoms with Crippen molar-refractivity contribution < 1.29 is 22.4 Å². The van der Waals surface area contributed by atoms with Gasteiger partial charge in [0.1, 0.15) is 16.8 Å². The summed E-state index contributed by atoms with van der Waals surface area (Å²) in [5.41, 5.74) is 0.301. The lowest BCUT2D eigenvalue weighted by molar-refractivity contribution is -0.169. The number of nitrogens with zero attached hydrogens (tertiary/aromatic N) is 2. The van der Waals surface area contributed by atoms with Gasteiger partial charge in [-0.05, 0) is 48.8 Å². The van der Waals surface area contributed by atoms with Crippen molar-refractivity contribution in [3.05, 3.63) is 46.3 Å². The van der Waals surface area contributed by atoms with E-state index in [1.54, 1.807) is 6.92 Å². The van der Waals surface area contributed by atoms with Crippen LogP contribution in [-0.4, -0.2) is 28.2 Å². The second-order valence-electron chi connectivity index (χ2n) is 9.12. The van der Waals surface area contributed by atoms with Crippen LogP contribution in [-0.2, 0) is 12.8 Å². The molecule has 0 spiro atoms. The molecule has 3 rings (SSSR count). The Bertz CT molecular complexity index is 981. The number of carbonyl (C=O) groups excluding carboxylic acids is 1. The number of benzene rings is 1. The highest BCUT2D eigenvalue weighted by molar-refractivity contribution is 6.32. The molecule has 33 heavy (non-hydrogen) atoms. The average Bonchev–Trinajstić information content (AvgIpc) is 3.09. The van der Waals surface area contributed by atoms with Crippen molar-refractivity contribution in [1.29, 1.82) is 0 Å². The lowest BCUT2D eigenvalue weighted by Crippen LogP contribution is -2.31. The number of aryl methyl sites for hydroxylation is 1. The minimum Gasteiger partial charge on any atom is -0.350 e. The van der Waals surface area contributed by atoms with E-state index in [9.17, 15) is 22.4 Å². The second kappa shape index (κ2) is 10.5. The molecule has 1 heterocycles. The highest BCUT2D eigenvalue weighted by atomic mass is 35.5. The van der Waals surface area contributed by atoms with Gasteiger partial charge in [0.15, 0.2) is 5.69 Å². The van der Waals surface area contributed by atoms with Gasteiger partial charge in [-0.3, -0.25) is 9.36 Å². The summed E-state index contributed by atoms with van der Waals surface area (Å²) in [4.78, 5) is 17.1. The third-order valence-electron chi connectivity index (χ3n) is 6.46. The molecular formula is C24H30ClF4N3O. The fraction of sp³-hybridized carbons (Fsp3) is 0.583. The highest BCUT2D eigenvalue weighted by Gasteiger charge is 2.36. The molecule has 9 heteroatoms. The van der Waals surface area contributed by atoms with Crippen LogP contribution in [0.25, 0.3) is 5.69 Å². The van der Waals surface area contributed by atoms with Gasteiger partial charge >= 0.3 is 6.18 Å². The highest BCUT2D eigenvalue weighted by Crippen LogP contribution is 2.31. The molecule has 1 N–H and O–H groups in total. The Kier molecular flexibility index (Phi) is 8.08. The van der Waals surface area contributed by atoms with Crippen molar-refractivity contribution in [1.82, 2.24) is 14.9 Å². The normalized spacial score (nSPS) is 20.0. The lowest BCUT2D eigenvalue weighted by Gasteiger charge is -2.26. The number of halogens is 5. The summed E-state index contributed by atoms with van der Waals surface area (Å²) in [6, 6.07) is 3.91. The number of alkyl halides is 3. The van der Waals surface area contributed by atoms with E-state index in [4.69, 9.17) is 11.6 Å². The standard InChI is InChI=1S/C24H30ClF4N3O/c1-4-20-31-21(23(33)30-13-16-7-5-14(2)6-8-16)22(25)32(20)19-10-9-17(12-18(19)26)11-15(3)24(27,28)29/h9-10,12,14-16H,4-8,11,13H2,1-3H3,(H,30,33). The minimum absolute atomic E-state index is 0.0167. The zero-order chi connectivity index (χ0) is 24.3. The summed E-state index contributed by atoms with van der Waals surface area (Å²) in [6.45, 7) is 5.64. The Hall–Kier alpha value is -2.09. The molecule has 1 atom stereocenters. The van der Waals surface area contributed by atoms with Gasteiger partial charge in [-0.25, -0.2) is 9.37 Å². The molecule has 0 radical (unpaired) electrons. The molecule has 2 aromatic rings. The largest absolute Gasteiger partial charge is 0.391 e. The summed E-state index contributed by atoms with van der Waals surface area (Å²) >= 11 is 6.46. The number of carbonyl (C=O) groups is 1. The van der Waals surface area contributed by atoms with Crippen LogP contribution in [0.15, 0.2) is 18.2 Å². The number of hydrogen-bond acceptors (Lipinski definition) is 2. The SMILES string of the molecule is CCc1nc(C(=O)NCC2CCC(C)CC2)c(Cl)n1-c1ccc(CC(C)C(F)(F)F)cc1F. The van der Waals surface area contributed by atoms with Crippen LogP contribution in [0.1, 0.15) is 68.3 Å². The Morgan fingerprint density at radius 2 is 1.94 bits per heavy atom. The third kappa shape index (κ3) is 6.08.